The van der Waals surface area contributed by atoms with Gasteiger partial charge in [-0.05, 0) is 12.1 Å². The summed E-state index contributed by atoms with van der Waals surface area (Å²) in [6.07, 6.45) is 0. The van der Waals surface area contributed by atoms with Crippen molar-refractivity contribution in [1.29, 1.82) is 0 Å². The molecule has 56 valence electrons. The molecule has 1 aromatic rings. The van der Waals surface area contributed by atoms with Gasteiger partial charge in [0.1, 0.15) is 10.8 Å². The molecule has 11 heavy (non-hydrogen) atoms. The molecule has 0 bridgehead atoms. The Kier molecular flexibility index (Phi) is 1.29. The molecule has 0 aromatic heterocycles. The van der Waals surface area contributed by atoms with Crippen molar-refractivity contribution >= 4 is 27.7 Å². The Morgan fingerprint density at radius 2 is 2.27 bits per heavy atom. The molecule has 0 spiro atoms. The molecule has 2 N–H and O–H groups in total. The largest absolute Gasteiger partial charge is 0.398 e. The summed E-state index contributed by atoms with van der Waals surface area (Å²) in [6, 6.07) is 5.33. The van der Waals surface area contributed by atoms with Gasteiger partial charge in [-0.2, -0.15) is 0 Å². The number of nitrogen functional groups attached to an aromatic ring is 1. The first kappa shape index (κ1) is 6.54. The first-order chi connectivity index (χ1) is 5.29. The fourth-order valence-electron chi connectivity index (χ4n) is 1.02. The number of nitrogens with two attached hydrogens (primary N) is 1. The van der Waals surface area contributed by atoms with Crippen LogP contribution in [0.5, 0.6) is 0 Å². The molecule has 1 aliphatic rings. The van der Waals surface area contributed by atoms with Gasteiger partial charge >= 0.3 is 0 Å². The lowest BCUT2D eigenvalue weighted by Crippen LogP contribution is -1.93. The number of anilines is 1. The number of fused-ring (bicyclic) bond motifs is 1. The molecule has 0 amide bonds. The maximum absolute atomic E-state index is 11.2. The summed E-state index contributed by atoms with van der Waals surface area (Å²) >= 11 is 0. The Morgan fingerprint density at radius 1 is 1.45 bits per heavy atom. The van der Waals surface area contributed by atoms with Gasteiger partial charge in [-0.1, -0.05) is 6.07 Å². The summed E-state index contributed by atoms with van der Waals surface area (Å²) in [5.41, 5.74) is 8.27. The fraction of sp³-hybridized carbons (Fsp3) is 0. The highest BCUT2D eigenvalue weighted by Gasteiger charge is 2.15. The van der Waals surface area contributed by atoms with E-state index in [9.17, 15) is 4.21 Å². The maximum atomic E-state index is 11.2. The van der Waals surface area contributed by atoms with Crippen molar-refractivity contribution in [2.24, 2.45) is 4.99 Å². The highest BCUT2D eigenvalue weighted by atomic mass is 32.2. The van der Waals surface area contributed by atoms with Crippen LogP contribution in [-0.2, 0) is 10.8 Å². The van der Waals surface area contributed by atoms with Crippen LogP contribution in [0.4, 0.5) is 11.4 Å². The van der Waals surface area contributed by atoms with Crippen LogP contribution in [0.1, 0.15) is 0 Å². The molecule has 1 atom stereocenters. The normalized spacial score (nSPS) is 20.2. The molecular weight excluding hydrogens is 160 g/mol. The van der Waals surface area contributed by atoms with E-state index in [1.807, 2.05) is 0 Å². The lowest BCUT2D eigenvalue weighted by atomic mass is 10.3. The standard InChI is InChI=1S/C7H6N2OS/c8-5-2-1-3-6-7(5)11(10)4-9-6/h1-4H,8H2. The van der Waals surface area contributed by atoms with Gasteiger partial charge in [-0.25, -0.2) is 9.20 Å². The van der Waals surface area contributed by atoms with Gasteiger partial charge in [-0.15, -0.1) is 0 Å². The van der Waals surface area contributed by atoms with Crippen molar-refractivity contribution in [3.8, 4) is 0 Å². The molecule has 4 heteroatoms. The third-order valence-corrected chi connectivity index (χ3v) is 2.66. The van der Waals surface area contributed by atoms with E-state index in [0.717, 1.165) is 5.69 Å². The highest BCUT2D eigenvalue weighted by molar-refractivity contribution is 7.99. The van der Waals surface area contributed by atoms with Crippen LogP contribution in [0.3, 0.4) is 0 Å². The average molecular weight is 166 g/mol. The summed E-state index contributed by atoms with van der Waals surface area (Å²) in [6.45, 7) is 0. The van der Waals surface area contributed by atoms with E-state index in [2.05, 4.69) is 4.99 Å². The first-order valence-electron chi connectivity index (χ1n) is 3.12. The lowest BCUT2D eigenvalue weighted by Gasteiger charge is -1.98. The second-order valence-corrected chi connectivity index (χ2v) is 3.44. The summed E-state index contributed by atoms with van der Waals surface area (Å²) in [5, 5.41) is 0. The minimum atomic E-state index is -1.13. The van der Waals surface area contributed by atoms with Gasteiger partial charge in [0.05, 0.1) is 21.8 Å². The van der Waals surface area contributed by atoms with Gasteiger partial charge in [0.15, 0.2) is 0 Å². The van der Waals surface area contributed by atoms with Crippen LogP contribution < -0.4 is 5.73 Å². The number of benzene rings is 1. The molecule has 0 saturated heterocycles. The van der Waals surface area contributed by atoms with E-state index in [-0.39, 0.29) is 0 Å². The summed E-state index contributed by atoms with van der Waals surface area (Å²) in [5.74, 6) is 0. The van der Waals surface area contributed by atoms with Crippen LogP contribution in [-0.4, -0.2) is 9.76 Å². The average Bonchev–Trinajstić information content (AvgIpc) is 2.34. The smallest absolute Gasteiger partial charge is 0.101 e. The van der Waals surface area contributed by atoms with Gasteiger partial charge in [-0.3, -0.25) is 0 Å². The van der Waals surface area contributed by atoms with Crippen molar-refractivity contribution < 1.29 is 4.21 Å². The number of hydrogen-bond acceptors (Lipinski definition) is 3. The maximum Gasteiger partial charge on any atom is 0.101 e. The van der Waals surface area contributed by atoms with E-state index >= 15 is 0 Å². The van der Waals surface area contributed by atoms with Crippen molar-refractivity contribution in [2.75, 3.05) is 5.73 Å². The van der Waals surface area contributed by atoms with Gasteiger partial charge in [0, 0.05) is 0 Å². The molecule has 3 nitrogen and oxygen atoms in total. The third-order valence-electron chi connectivity index (χ3n) is 1.51. The van der Waals surface area contributed by atoms with Crippen molar-refractivity contribution in [2.45, 2.75) is 4.90 Å². The Bertz CT molecular complexity index is 359. The highest BCUT2D eigenvalue weighted by Crippen LogP contribution is 2.31. The van der Waals surface area contributed by atoms with E-state index < -0.39 is 10.8 Å². The number of rotatable bonds is 0. The Hall–Kier alpha value is -1.16. The van der Waals surface area contributed by atoms with Crippen molar-refractivity contribution in [1.82, 2.24) is 0 Å². The number of aliphatic imine (C=N–C) groups is 1. The predicted octanol–water partition coefficient (Wildman–Crippen LogP) is 1.05. The Labute approximate surface area is 66.4 Å². The predicted molar refractivity (Wildman–Crippen MR) is 45.4 cm³/mol. The zero-order chi connectivity index (χ0) is 7.84. The molecule has 1 heterocycles. The molecule has 1 aromatic carbocycles. The molecular formula is C7H6N2OS. The van der Waals surface area contributed by atoms with E-state index in [0.29, 0.717) is 10.6 Å². The molecule has 2 rings (SSSR count). The fourth-order valence-corrected chi connectivity index (χ4v) is 1.96. The van der Waals surface area contributed by atoms with Gasteiger partial charge < -0.3 is 5.73 Å². The molecule has 0 aliphatic carbocycles. The zero-order valence-corrected chi connectivity index (χ0v) is 6.47. The summed E-state index contributed by atoms with van der Waals surface area (Å²) < 4.78 is 11.2. The van der Waals surface area contributed by atoms with E-state index in [1.54, 1.807) is 18.2 Å². The van der Waals surface area contributed by atoms with Crippen LogP contribution in [0, 0.1) is 0 Å². The lowest BCUT2D eigenvalue weighted by molar-refractivity contribution is 0.691. The monoisotopic (exact) mass is 166 g/mol. The van der Waals surface area contributed by atoms with Crippen molar-refractivity contribution in [3.05, 3.63) is 18.2 Å². The molecule has 0 saturated carbocycles. The SMILES string of the molecule is Nc1cccc2c1S(=O)C=N2. The molecule has 1 aliphatic heterocycles. The number of hydrogen-bond donors (Lipinski definition) is 1. The topological polar surface area (TPSA) is 55.5 Å². The summed E-state index contributed by atoms with van der Waals surface area (Å²) in [7, 11) is -1.13. The first-order valence-corrected chi connectivity index (χ1v) is 4.33. The Balaban J connectivity index is 2.74. The van der Waals surface area contributed by atoms with Crippen LogP contribution >= 0.6 is 0 Å². The third kappa shape index (κ3) is 0.867. The quantitative estimate of drug-likeness (QED) is 0.586. The molecule has 0 radical (unpaired) electrons. The second-order valence-electron chi connectivity index (χ2n) is 2.23. The Morgan fingerprint density at radius 3 is 3.00 bits per heavy atom. The second kappa shape index (κ2) is 2.17. The zero-order valence-electron chi connectivity index (χ0n) is 5.65. The minimum Gasteiger partial charge on any atom is -0.398 e. The van der Waals surface area contributed by atoms with Crippen LogP contribution in [0.15, 0.2) is 28.1 Å². The molecule has 1 unspecified atom stereocenters. The number of nitrogens with zero attached hydrogens (tertiary/aromatic N) is 1. The van der Waals surface area contributed by atoms with Gasteiger partial charge in [0.2, 0.25) is 0 Å². The van der Waals surface area contributed by atoms with E-state index in [4.69, 9.17) is 5.73 Å². The van der Waals surface area contributed by atoms with Crippen molar-refractivity contribution in [3.63, 3.8) is 0 Å². The minimum absolute atomic E-state index is 0.554. The van der Waals surface area contributed by atoms with E-state index in [1.165, 1.54) is 5.55 Å². The van der Waals surface area contributed by atoms with Crippen LogP contribution in [0.2, 0.25) is 0 Å². The van der Waals surface area contributed by atoms with Crippen LogP contribution in [0.25, 0.3) is 0 Å². The van der Waals surface area contributed by atoms with Gasteiger partial charge in [0.25, 0.3) is 0 Å². The molecule has 0 fully saturated rings. The summed E-state index contributed by atoms with van der Waals surface area (Å²) in [4.78, 5) is 4.58.